The van der Waals surface area contributed by atoms with Crippen LogP contribution in [0.3, 0.4) is 0 Å². The lowest BCUT2D eigenvalue weighted by molar-refractivity contribution is 0.0698. The molecular formula is C27H28N2O3. The van der Waals surface area contributed by atoms with E-state index in [1.807, 2.05) is 6.07 Å². The van der Waals surface area contributed by atoms with E-state index in [9.17, 15) is 0 Å². The van der Waals surface area contributed by atoms with Crippen molar-refractivity contribution in [2.45, 2.75) is 12.0 Å². The highest BCUT2D eigenvalue weighted by Crippen LogP contribution is 2.55. The Hall–Kier alpha value is -3.02. The van der Waals surface area contributed by atoms with Gasteiger partial charge in [-0.2, -0.15) is 0 Å². The molecule has 3 aromatic rings. The van der Waals surface area contributed by atoms with Gasteiger partial charge in [-0.1, -0.05) is 48.5 Å². The number of hydrogen-bond donors (Lipinski definition) is 0. The summed E-state index contributed by atoms with van der Waals surface area (Å²) in [6, 6.07) is 26.1. The zero-order valence-electron chi connectivity index (χ0n) is 18.3. The number of para-hydroxylation sites is 1. The fourth-order valence-electron chi connectivity index (χ4n) is 5.63. The summed E-state index contributed by atoms with van der Waals surface area (Å²) in [7, 11) is 1.78. The molecule has 3 aromatic carbocycles. The normalized spacial score (nSPS) is 24.2. The van der Waals surface area contributed by atoms with Crippen LogP contribution in [0.2, 0.25) is 0 Å². The highest BCUT2D eigenvalue weighted by molar-refractivity contribution is 5.67. The zero-order valence-corrected chi connectivity index (χ0v) is 18.3. The number of benzene rings is 3. The molecule has 6 rings (SSSR count). The van der Waals surface area contributed by atoms with Crippen molar-refractivity contribution < 1.29 is 14.3 Å². The molecule has 1 saturated heterocycles. The first kappa shape index (κ1) is 19.6. The Morgan fingerprint density at radius 2 is 1.66 bits per heavy atom. The second-order valence-corrected chi connectivity index (χ2v) is 8.70. The van der Waals surface area contributed by atoms with Crippen LogP contribution in [0.4, 0.5) is 11.4 Å². The van der Waals surface area contributed by atoms with E-state index in [1.165, 1.54) is 22.4 Å². The third-order valence-corrected chi connectivity index (χ3v) is 7.07. The number of anilines is 2. The van der Waals surface area contributed by atoms with Gasteiger partial charge in [-0.3, -0.25) is 4.84 Å². The van der Waals surface area contributed by atoms with E-state index < -0.39 is 0 Å². The fraction of sp³-hybridized carbons (Fsp3) is 0.333. The molecule has 0 bridgehead atoms. The third kappa shape index (κ3) is 3.15. The van der Waals surface area contributed by atoms with Crippen LogP contribution in [-0.4, -0.2) is 40.0 Å². The molecule has 3 aliphatic rings. The van der Waals surface area contributed by atoms with Gasteiger partial charge >= 0.3 is 0 Å². The van der Waals surface area contributed by atoms with Crippen LogP contribution < -0.4 is 14.7 Å². The number of fused-ring (bicyclic) bond motifs is 4. The summed E-state index contributed by atoms with van der Waals surface area (Å²) in [5, 5.41) is 2.10. The molecule has 5 nitrogen and oxygen atoms in total. The van der Waals surface area contributed by atoms with Crippen LogP contribution in [0, 0.1) is 5.92 Å². The number of hydroxylamine groups is 1. The van der Waals surface area contributed by atoms with E-state index in [2.05, 4.69) is 76.7 Å². The average Bonchev–Trinajstić information content (AvgIpc) is 2.87. The number of rotatable bonds is 3. The molecule has 0 aliphatic carbocycles. The molecule has 0 amide bonds. The molecule has 32 heavy (non-hydrogen) atoms. The number of hydrogen-bond acceptors (Lipinski definition) is 5. The minimum atomic E-state index is 0.0943. The predicted octanol–water partition coefficient (Wildman–Crippen LogP) is 4.79. The first-order valence-corrected chi connectivity index (χ1v) is 11.4. The Bertz CT molecular complexity index is 1100. The molecule has 0 aromatic heterocycles. The van der Waals surface area contributed by atoms with Crippen molar-refractivity contribution >= 4 is 11.4 Å². The standard InChI is InChI=1S/C27H28N2O3/c1-30-29-24-12-11-20(28-13-15-31-16-14-28)17-22(24)26(19-7-3-2-4-8-19)23-18-32-25-10-6-5-9-21(25)27(23)29/h2-12,17,23,26-27H,13-16,18H2,1H3/t23-,26+,27-/m1/s1. The maximum absolute atomic E-state index is 6.29. The van der Waals surface area contributed by atoms with E-state index in [0.29, 0.717) is 6.61 Å². The number of ether oxygens (including phenoxy) is 2. The number of nitrogens with zero attached hydrogens (tertiary/aromatic N) is 2. The third-order valence-electron chi connectivity index (χ3n) is 7.07. The summed E-state index contributed by atoms with van der Waals surface area (Å²) in [5.41, 5.74) is 6.19. The zero-order chi connectivity index (χ0) is 21.5. The number of morpholine rings is 1. The van der Waals surface area contributed by atoms with Crippen LogP contribution in [0.15, 0.2) is 72.8 Å². The van der Waals surface area contributed by atoms with Gasteiger partial charge in [-0.15, -0.1) is 0 Å². The smallest absolute Gasteiger partial charge is 0.124 e. The predicted molar refractivity (Wildman–Crippen MR) is 125 cm³/mol. The van der Waals surface area contributed by atoms with Crippen molar-refractivity contribution in [2.75, 3.05) is 50.0 Å². The molecule has 5 heteroatoms. The summed E-state index contributed by atoms with van der Waals surface area (Å²) in [5.74, 6) is 1.41. The summed E-state index contributed by atoms with van der Waals surface area (Å²) >= 11 is 0. The van der Waals surface area contributed by atoms with Gasteiger partial charge in [0.15, 0.2) is 0 Å². The van der Waals surface area contributed by atoms with E-state index in [1.54, 1.807) is 7.11 Å². The molecule has 164 valence electrons. The molecule has 0 spiro atoms. The van der Waals surface area contributed by atoms with Crippen molar-refractivity contribution in [3.63, 3.8) is 0 Å². The van der Waals surface area contributed by atoms with Crippen LogP contribution in [0.25, 0.3) is 0 Å². The topological polar surface area (TPSA) is 34.2 Å². The SMILES string of the molecule is CON1c2ccc(N3CCOCC3)cc2[C@H](c2ccccc2)[C@H]2COc3ccccc3[C@H]21. The second kappa shape index (κ2) is 8.15. The van der Waals surface area contributed by atoms with E-state index >= 15 is 0 Å². The van der Waals surface area contributed by atoms with Gasteiger partial charge in [0.2, 0.25) is 0 Å². The Morgan fingerprint density at radius 1 is 0.875 bits per heavy atom. The maximum Gasteiger partial charge on any atom is 0.124 e. The molecule has 3 aliphatic heterocycles. The fourth-order valence-corrected chi connectivity index (χ4v) is 5.63. The summed E-state index contributed by atoms with van der Waals surface area (Å²) in [4.78, 5) is 8.48. The highest BCUT2D eigenvalue weighted by atomic mass is 16.7. The van der Waals surface area contributed by atoms with Gasteiger partial charge in [0.25, 0.3) is 0 Å². The molecule has 0 unspecified atom stereocenters. The minimum Gasteiger partial charge on any atom is -0.493 e. The molecule has 0 saturated carbocycles. The minimum absolute atomic E-state index is 0.0943. The molecular weight excluding hydrogens is 400 g/mol. The Morgan fingerprint density at radius 3 is 2.47 bits per heavy atom. The van der Waals surface area contributed by atoms with Crippen molar-refractivity contribution in [1.29, 1.82) is 0 Å². The molecule has 1 fully saturated rings. The van der Waals surface area contributed by atoms with E-state index in [0.717, 1.165) is 37.7 Å². The average molecular weight is 429 g/mol. The first-order chi connectivity index (χ1) is 15.8. The van der Waals surface area contributed by atoms with Crippen LogP contribution >= 0.6 is 0 Å². The van der Waals surface area contributed by atoms with Gasteiger partial charge in [0.05, 0.1) is 38.7 Å². The Balaban J connectivity index is 1.53. The molecule has 3 atom stereocenters. The van der Waals surface area contributed by atoms with Crippen LogP contribution in [-0.2, 0) is 9.57 Å². The van der Waals surface area contributed by atoms with Crippen molar-refractivity contribution in [3.05, 3.63) is 89.5 Å². The van der Waals surface area contributed by atoms with E-state index in [4.69, 9.17) is 14.3 Å². The van der Waals surface area contributed by atoms with Crippen molar-refractivity contribution in [1.82, 2.24) is 0 Å². The molecule has 0 radical (unpaired) electrons. The molecule has 0 N–H and O–H groups in total. The van der Waals surface area contributed by atoms with Gasteiger partial charge in [-0.25, -0.2) is 5.06 Å². The Labute approximate surface area is 189 Å². The van der Waals surface area contributed by atoms with Crippen LogP contribution in [0.5, 0.6) is 5.75 Å². The highest BCUT2D eigenvalue weighted by Gasteiger charge is 2.46. The van der Waals surface area contributed by atoms with Crippen molar-refractivity contribution in [3.8, 4) is 5.75 Å². The Kier molecular flexibility index (Phi) is 5.01. The van der Waals surface area contributed by atoms with Gasteiger partial charge in [-0.05, 0) is 35.4 Å². The van der Waals surface area contributed by atoms with E-state index in [-0.39, 0.29) is 17.9 Å². The molecule has 3 heterocycles. The summed E-state index contributed by atoms with van der Waals surface area (Å²) in [6.07, 6.45) is 0. The lowest BCUT2D eigenvalue weighted by atomic mass is 9.71. The van der Waals surface area contributed by atoms with Crippen LogP contribution in [0.1, 0.15) is 28.7 Å². The lowest BCUT2D eigenvalue weighted by Crippen LogP contribution is -2.45. The monoisotopic (exact) mass is 428 g/mol. The largest absolute Gasteiger partial charge is 0.493 e. The van der Waals surface area contributed by atoms with Gasteiger partial charge in [0, 0.05) is 36.2 Å². The van der Waals surface area contributed by atoms with Gasteiger partial charge < -0.3 is 14.4 Å². The summed E-state index contributed by atoms with van der Waals surface area (Å²) < 4.78 is 11.9. The second-order valence-electron chi connectivity index (χ2n) is 8.70. The summed E-state index contributed by atoms with van der Waals surface area (Å²) in [6.45, 7) is 4.05. The lowest BCUT2D eigenvalue weighted by Gasteiger charge is -2.49. The quantitative estimate of drug-likeness (QED) is 0.599. The maximum atomic E-state index is 6.29. The first-order valence-electron chi connectivity index (χ1n) is 11.4. The van der Waals surface area contributed by atoms with Gasteiger partial charge in [0.1, 0.15) is 5.75 Å². The van der Waals surface area contributed by atoms with Crippen molar-refractivity contribution in [2.24, 2.45) is 5.92 Å².